The van der Waals surface area contributed by atoms with Gasteiger partial charge in [0.15, 0.2) is 18.1 Å². The lowest BCUT2D eigenvalue weighted by molar-refractivity contribution is -0.119. The number of rotatable bonds is 4. The van der Waals surface area contributed by atoms with Crippen molar-refractivity contribution in [3.8, 4) is 11.5 Å². The number of anilines is 1. The first-order chi connectivity index (χ1) is 13.5. The molecule has 1 aliphatic carbocycles. The van der Waals surface area contributed by atoms with E-state index in [0.717, 1.165) is 37.8 Å². The zero-order chi connectivity index (χ0) is 19.6. The maximum Gasteiger partial charge on any atom is 0.338 e. The predicted octanol–water partition coefficient (Wildman–Crippen LogP) is 4.05. The lowest BCUT2D eigenvalue weighted by Gasteiger charge is -2.31. The predicted molar refractivity (Wildman–Crippen MR) is 98.8 cm³/mol. The number of ether oxygens (including phenoxy) is 3. The van der Waals surface area contributed by atoms with E-state index in [9.17, 15) is 14.0 Å². The molecule has 0 saturated heterocycles. The van der Waals surface area contributed by atoms with Crippen LogP contribution in [0, 0.1) is 5.82 Å². The number of fused-ring (bicyclic) bond motifs is 1. The Morgan fingerprint density at radius 2 is 1.71 bits per heavy atom. The van der Waals surface area contributed by atoms with Crippen molar-refractivity contribution in [1.29, 1.82) is 0 Å². The molecule has 1 spiro atoms. The van der Waals surface area contributed by atoms with Gasteiger partial charge in [-0.2, -0.15) is 0 Å². The summed E-state index contributed by atoms with van der Waals surface area (Å²) >= 11 is 0. The summed E-state index contributed by atoms with van der Waals surface area (Å²) in [5, 5.41) is 2.67. The summed E-state index contributed by atoms with van der Waals surface area (Å²) < 4.78 is 29.9. The Bertz CT molecular complexity index is 890. The van der Waals surface area contributed by atoms with Crippen molar-refractivity contribution in [2.75, 3.05) is 11.9 Å². The summed E-state index contributed by atoms with van der Waals surface area (Å²) in [7, 11) is 0. The number of halogens is 1. The molecule has 1 amide bonds. The average molecular weight is 385 g/mol. The molecule has 0 radical (unpaired) electrons. The SMILES string of the molecule is O=C(COC(=O)c1ccc(F)cc1)Nc1ccc2c(c1)OC1(CCCCC1)O2. The molecule has 1 heterocycles. The minimum absolute atomic E-state index is 0.176. The molecule has 1 saturated carbocycles. The van der Waals surface area contributed by atoms with Crippen LogP contribution in [0.2, 0.25) is 0 Å². The molecule has 1 N–H and O–H groups in total. The molecular weight excluding hydrogens is 365 g/mol. The lowest BCUT2D eigenvalue weighted by Crippen LogP contribution is -2.40. The molecule has 1 aliphatic heterocycles. The van der Waals surface area contributed by atoms with Crippen molar-refractivity contribution < 1.29 is 28.2 Å². The number of hydrogen-bond acceptors (Lipinski definition) is 5. The van der Waals surface area contributed by atoms with Crippen molar-refractivity contribution in [2.24, 2.45) is 0 Å². The summed E-state index contributed by atoms with van der Waals surface area (Å²) in [5.74, 6) is -0.937. The van der Waals surface area contributed by atoms with Crippen molar-refractivity contribution >= 4 is 17.6 Å². The number of esters is 1. The molecule has 28 heavy (non-hydrogen) atoms. The van der Waals surface area contributed by atoms with Crippen LogP contribution in [0.5, 0.6) is 11.5 Å². The Morgan fingerprint density at radius 3 is 2.46 bits per heavy atom. The van der Waals surface area contributed by atoms with E-state index in [-0.39, 0.29) is 5.56 Å². The van der Waals surface area contributed by atoms with Crippen LogP contribution in [0.3, 0.4) is 0 Å². The first-order valence-corrected chi connectivity index (χ1v) is 9.28. The Labute approximate surface area is 161 Å². The fraction of sp³-hybridized carbons (Fsp3) is 0.333. The second-order valence-electron chi connectivity index (χ2n) is 6.97. The molecule has 4 rings (SSSR count). The van der Waals surface area contributed by atoms with Crippen molar-refractivity contribution in [2.45, 2.75) is 37.9 Å². The van der Waals surface area contributed by atoms with E-state index in [1.54, 1.807) is 18.2 Å². The fourth-order valence-electron chi connectivity index (χ4n) is 3.46. The molecule has 146 valence electrons. The Morgan fingerprint density at radius 1 is 1.00 bits per heavy atom. The van der Waals surface area contributed by atoms with Gasteiger partial charge in [0.1, 0.15) is 5.82 Å². The third-order valence-electron chi connectivity index (χ3n) is 4.85. The fourth-order valence-corrected chi connectivity index (χ4v) is 3.46. The first-order valence-electron chi connectivity index (χ1n) is 9.28. The number of carbonyl (C=O) groups is 2. The van der Waals surface area contributed by atoms with E-state index in [1.165, 1.54) is 18.6 Å². The molecular formula is C21H20FNO5. The second-order valence-corrected chi connectivity index (χ2v) is 6.97. The van der Waals surface area contributed by atoms with Crippen molar-refractivity contribution in [3.63, 3.8) is 0 Å². The molecule has 0 atom stereocenters. The van der Waals surface area contributed by atoms with Gasteiger partial charge in [0.05, 0.1) is 5.56 Å². The minimum Gasteiger partial charge on any atom is -0.452 e. The number of hydrogen-bond donors (Lipinski definition) is 1. The lowest BCUT2D eigenvalue weighted by atomic mass is 9.94. The van der Waals surface area contributed by atoms with Crippen LogP contribution in [-0.4, -0.2) is 24.3 Å². The van der Waals surface area contributed by atoms with Gasteiger partial charge < -0.3 is 19.5 Å². The van der Waals surface area contributed by atoms with E-state index in [2.05, 4.69) is 5.32 Å². The molecule has 2 aromatic rings. The summed E-state index contributed by atoms with van der Waals surface area (Å²) in [6.45, 7) is -0.450. The Balaban J connectivity index is 1.32. The molecule has 0 unspecified atom stereocenters. The standard InChI is InChI=1S/C21H20FNO5/c22-15-6-4-14(5-7-15)20(25)26-13-19(24)23-16-8-9-17-18(12-16)28-21(27-17)10-2-1-3-11-21/h4-9,12H,1-3,10-11,13H2,(H,23,24). The zero-order valence-corrected chi connectivity index (χ0v) is 15.2. The quantitative estimate of drug-likeness (QED) is 0.804. The smallest absolute Gasteiger partial charge is 0.338 e. The van der Waals surface area contributed by atoms with Crippen molar-refractivity contribution in [1.82, 2.24) is 0 Å². The maximum absolute atomic E-state index is 12.9. The third kappa shape index (κ3) is 3.93. The normalized spacial score (nSPS) is 16.6. The van der Waals surface area contributed by atoms with Gasteiger partial charge in [0.25, 0.3) is 11.7 Å². The number of amides is 1. The van der Waals surface area contributed by atoms with Crippen LogP contribution in [0.15, 0.2) is 42.5 Å². The van der Waals surface area contributed by atoms with Gasteiger partial charge in [0.2, 0.25) is 0 Å². The van der Waals surface area contributed by atoms with E-state index in [0.29, 0.717) is 17.2 Å². The third-order valence-corrected chi connectivity index (χ3v) is 4.85. The highest BCUT2D eigenvalue weighted by Crippen LogP contribution is 2.46. The molecule has 2 aliphatic rings. The first kappa shape index (κ1) is 18.3. The topological polar surface area (TPSA) is 73.9 Å². The Kier molecular flexibility index (Phi) is 4.90. The van der Waals surface area contributed by atoms with Crippen LogP contribution in [0.1, 0.15) is 42.5 Å². The molecule has 0 aromatic heterocycles. The van der Waals surface area contributed by atoms with Gasteiger partial charge >= 0.3 is 5.97 Å². The van der Waals surface area contributed by atoms with Gasteiger partial charge in [-0.1, -0.05) is 6.42 Å². The molecule has 2 aromatic carbocycles. The number of carbonyl (C=O) groups excluding carboxylic acids is 2. The van der Waals surface area contributed by atoms with E-state index in [4.69, 9.17) is 14.2 Å². The van der Waals surface area contributed by atoms with Gasteiger partial charge in [-0.05, 0) is 49.2 Å². The average Bonchev–Trinajstić information content (AvgIpc) is 3.03. The van der Waals surface area contributed by atoms with Crippen LogP contribution >= 0.6 is 0 Å². The monoisotopic (exact) mass is 385 g/mol. The molecule has 0 bridgehead atoms. The second kappa shape index (κ2) is 7.50. The summed E-state index contributed by atoms with van der Waals surface area (Å²) in [5.41, 5.74) is 0.702. The van der Waals surface area contributed by atoms with Crippen LogP contribution in [0.4, 0.5) is 10.1 Å². The van der Waals surface area contributed by atoms with Crippen LogP contribution in [0.25, 0.3) is 0 Å². The van der Waals surface area contributed by atoms with Gasteiger partial charge in [-0.15, -0.1) is 0 Å². The van der Waals surface area contributed by atoms with Crippen LogP contribution in [-0.2, 0) is 9.53 Å². The summed E-state index contributed by atoms with van der Waals surface area (Å²) in [4.78, 5) is 24.0. The minimum atomic E-state index is -0.694. The molecule has 7 heteroatoms. The van der Waals surface area contributed by atoms with Gasteiger partial charge in [-0.25, -0.2) is 9.18 Å². The summed E-state index contributed by atoms with van der Waals surface area (Å²) in [6, 6.07) is 10.1. The van der Waals surface area contributed by atoms with E-state index in [1.807, 2.05) is 0 Å². The van der Waals surface area contributed by atoms with E-state index >= 15 is 0 Å². The zero-order valence-electron chi connectivity index (χ0n) is 15.2. The maximum atomic E-state index is 12.9. The highest BCUT2D eigenvalue weighted by Gasteiger charge is 2.42. The van der Waals surface area contributed by atoms with E-state index < -0.39 is 30.1 Å². The summed E-state index contributed by atoms with van der Waals surface area (Å²) in [6.07, 6.45) is 5.02. The van der Waals surface area contributed by atoms with Gasteiger partial charge in [0, 0.05) is 24.6 Å². The van der Waals surface area contributed by atoms with Gasteiger partial charge in [-0.3, -0.25) is 4.79 Å². The number of benzene rings is 2. The largest absolute Gasteiger partial charge is 0.452 e. The molecule has 6 nitrogen and oxygen atoms in total. The number of nitrogens with one attached hydrogen (secondary N) is 1. The highest BCUT2D eigenvalue weighted by molar-refractivity contribution is 5.95. The highest BCUT2D eigenvalue weighted by atomic mass is 19.1. The van der Waals surface area contributed by atoms with Crippen molar-refractivity contribution in [3.05, 3.63) is 53.8 Å². The van der Waals surface area contributed by atoms with Crippen LogP contribution < -0.4 is 14.8 Å². The molecule has 1 fully saturated rings. The Hall–Kier alpha value is -3.09.